The number of fused-ring (bicyclic) bond motifs is 1. The number of nitrogens with two attached hydrogens (primary N) is 1. The second-order valence-corrected chi connectivity index (χ2v) is 7.74. The van der Waals surface area contributed by atoms with Crippen LogP contribution in [-0.2, 0) is 4.74 Å². The van der Waals surface area contributed by atoms with Crippen LogP contribution in [0.2, 0.25) is 0 Å². The first-order valence-electron chi connectivity index (χ1n) is 8.55. The van der Waals surface area contributed by atoms with Gasteiger partial charge in [-0.3, -0.25) is 4.57 Å². The number of likely N-dealkylation sites (tertiary alicyclic amines) is 1. The lowest BCUT2D eigenvalue weighted by Gasteiger charge is -2.42. The third-order valence-corrected chi connectivity index (χ3v) is 4.76. The zero-order valence-electron chi connectivity index (χ0n) is 15.2. The van der Waals surface area contributed by atoms with E-state index in [1.54, 1.807) is 11.1 Å². The summed E-state index contributed by atoms with van der Waals surface area (Å²) in [7, 11) is 0. The Morgan fingerprint density at radius 1 is 1.24 bits per heavy atom. The van der Waals surface area contributed by atoms with Crippen LogP contribution in [0.4, 0.5) is 9.59 Å². The first-order valence-corrected chi connectivity index (χ1v) is 8.55. The number of nitrogens with zero attached hydrogens (tertiary/aromatic N) is 2. The van der Waals surface area contributed by atoms with Crippen LogP contribution in [0, 0.1) is 5.92 Å². The maximum absolute atomic E-state index is 12.1. The molecule has 2 heterocycles. The van der Waals surface area contributed by atoms with E-state index in [1.807, 2.05) is 39.0 Å². The van der Waals surface area contributed by atoms with Crippen LogP contribution in [0.5, 0.6) is 0 Å². The molecule has 0 aliphatic carbocycles. The van der Waals surface area contributed by atoms with Gasteiger partial charge in [-0.1, -0.05) is 19.1 Å². The van der Waals surface area contributed by atoms with Crippen LogP contribution in [-0.4, -0.2) is 40.3 Å². The summed E-state index contributed by atoms with van der Waals surface area (Å²) in [5.74, 6) is 0.640. The van der Waals surface area contributed by atoms with Crippen molar-refractivity contribution in [3.05, 3.63) is 36.0 Å². The molecule has 2 N–H and O–H groups in total. The van der Waals surface area contributed by atoms with Gasteiger partial charge in [0.25, 0.3) is 0 Å². The highest BCUT2D eigenvalue weighted by Crippen LogP contribution is 2.36. The smallest absolute Gasteiger partial charge is 0.410 e. The second kappa shape index (κ2) is 6.10. The van der Waals surface area contributed by atoms with E-state index in [0.29, 0.717) is 19.0 Å². The lowest BCUT2D eigenvalue weighted by Crippen LogP contribution is -2.53. The van der Waals surface area contributed by atoms with Gasteiger partial charge in [-0.05, 0) is 44.4 Å². The molecule has 2 amide bonds. The normalized spacial score (nSPS) is 16.6. The standard InChI is InChI=1S/C19H25N3O3/c1-12(13-10-21(11-13)18(24)25-19(2,3)4)14-6-5-7-16-15(14)8-9-22(16)17(20)23/h5-9,12-13H,10-11H2,1-4H3,(H2,20,23). The van der Waals surface area contributed by atoms with Crippen molar-refractivity contribution >= 4 is 23.0 Å². The Morgan fingerprint density at radius 2 is 1.92 bits per heavy atom. The van der Waals surface area contributed by atoms with Crippen molar-refractivity contribution in [1.82, 2.24) is 9.47 Å². The van der Waals surface area contributed by atoms with Gasteiger partial charge in [0.15, 0.2) is 0 Å². The van der Waals surface area contributed by atoms with Gasteiger partial charge < -0.3 is 15.4 Å². The van der Waals surface area contributed by atoms with E-state index < -0.39 is 11.6 Å². The molecule has 1 atom stereocenters. The van der Waals surface area contributed by atoms with Crippen molar-refractivity contribution in [2.75, 3.05) is 13.1 Å². The second-order valence-electron chi connectivity index (χ2n) is 7.74. The number of amides is 2. The van der Waals surface area contributed by atoms with Crippen LogP contribution in [0.15, 0.2) is 30.5 Å². The van der Waals surface area contributed by atoms with Gasteiger partial charge in [-0.2, -0.15) is 0 Å². The van der Waals surface area contributed by atoms with E-state index in [4.69, 9.17) is 10.5 Å². The lowest BCUT2D eigenvalue weighted by atomic mass is 9.81. The van der Waals surface area contributed by atoms with Gasteiger partial charge in [0.1, 0.15) is 5.60 Å². The molecule has 6 nitrogen and oxygen atoms in total. The van der Waals surface area contributed by atoms with E-state index in [1.165, 1.54) is 10.1 Å². The highest BCUT2D eigenvalue weighted by molar-refractivity contribution is 5.93. The first-order chi connectivity index (χ1) is 11.7. The summed E-state index contributed by atoms with van der Waals surface area (Å²) in [6.07, 6.45) is 1.45. The van der Waals surface area contributed by atoms with Crippen LogP contribution < -0.4 is 5.73 Å². The summed E-state index contributed by atoms with van der Waals surface area (Å²) < 4.78 is 6.87. The van der Waals surface area contributed by atoms with Crippen LogP contribution in [0.3, 0.4) is 0 Å². The monoisotopic (exact) mass is 343 g/mol. The molecule has 2 aromatic rings. The predicted octanol–water partition coefficient (Wildman–Crippen LogP) is 3.54. The van der Waals surface area contributed by atoms with Crippen molar-refractivity contribution in [3.63, 3.8) is 0 Å². The molecule has 0 radical (unpaired) electrons. The molecule has 3 rings (SSSR count). The Bertz CT molecular complexity index is 813. The Labute approximate surface area is 147 Å². The van der Waals surface area contributed by atoms with Crippen molar-refractivity contribution in [2.24, 2.45) is 11.7 Å². The molecular weight excluding hydrogens is 318 g/mol. The number of aromatic nitrogens is 1. The van der Waals surface area contributed by atoms with Crippen LogP contribution >= 0.6 is 0 Å². The number of ether oxygens (including phenoxy) is 1. The molecule has 1 fully saturated rings. The summed E-state index contributed by atoms with van der Waals surface area (Å²) in [6, 6.07) is 7.35. The van der Waals surface area contributed by atoms with E-state index in [2.05, 4.69) is 13.0 Å². The fourth-order valence-electron chi connectivity index (χ4n) is 3.34. The minimum absolute atomic E-state index is 0.256. The predicted molar refractivity (Wildman–Crippen MR) is 96.6 cm³/mol. The Hall–Kier alpha value is -2.50. The zero-order valence-corrected chi connectivity index (χ0v) is 15.2. The first kappa shape index (κ1) is 17.3. The Morgan fingerprint density at radius 3 is 2.52 bits per heavy atom. The van der Waals surface area contributed by atoms with Gasteiger partial charge in [-0.15, -0.1) is 0 Å². The molecule has 134 valence electrons. The summed E-state index contributed by atoms with van der Waals surface area (Å²) in [6.45, 7) is 9.14. The minimum atomic E-state index is -0.487. The van der Waals surface area contributed by atoms with Crippen LogP contribution in [0.25, 0.3) is 10.9 Å². The highest BCUT2D eigenvalue weighted by atomic mass is 16.6. The molecule has 1 saturated heterocycles. The molecule has 1 aromatic carbocycles. The average Bonchev–Trinajstić information content (AvgIpc) is 2.87. The van der Waals surface area contributed by atoms with E-state index >= 15 is 0 Å². The van der Waals surface area contributed by atoms with Crippen molar-refractivity contribution in [2.45, 2.75) is 39.2 Å². The molecular formula is C19H25N3O3. The Kier molecular flexibility index (Phi) is 4.22. The topological polar surface area (TPSA) is 77.6 Å². The van der Waals surface area contributed by atoms with Gasteiger partial charge >= 0.3 is 12.1 Å². The summed E-state index contributed by atoms with van der Waals surface area (Å²) >= 11 is 0. The molecule has 1 aliphatic heterocycles. The lowest BCUT2D eigenvalue weighted by molar-refractivity contribution is -0.00411. The van der Waals surface area contributed by atoms with E-state index in [0.717, 1.165) is 10.9 Å². The number of rotatable bonds is 2. The number of benzene rings is 1. The maximum Gasteiger partial charge on any atom is 0.410 e. The molecule has 6 heteroatoms. The van der Waals surface area contributed by atoms with E-state index in [9.17, 15) is 9.59 Å². The van der Waals surface area contributed by atoms with Crippen molar-refractivity contribution in [3.8, 4) is 0 Å². The third kappa shape index (κ3) is 3.34. The molecule has 1 aromatic heterocycles. The highest BCUT2D eigenvalue weighted by Gasteiger charge is 2.37. The van der Waals surface area contributed by atoms with Gasteiger partial charge in [0.2, 0.25) is 0 Å². The number of hydrogen-bond donors (Lipinski definition) is 1. The molecule has 25 heavy (non-hydrogen) atoms. The fraction of sp³-hybridized carbons (Fsp3) is 0.474. The van der Waals surface area contributed by atoms with Gasteiger partial charge in [0, 0.05) is 30.6 Å². The molecule has 0 bridgehead atoms. The number of carbonyl (C=O) groups is 2. The number of hydrogen-bond acceptors (Lipinski definition) is 3. The fourth-order valence-corrected chi connectivity index (χ4v) is 3.34. The summed E-state index contributed by atoms with van der Waals surface area (Å²) in [4.78, 5) is 25.3. The average molecular weight is 343 g/mol. The van der Waals surface area contributed by atoms with Crippen molar-refractivity contribution < 1.29 is 14.3 Å². The van der Waals surface area contributed by atoms with Gasteiger partial charge in [0.05, 0.1) is 5.52 Å². The number of primary amides is 1. The molecule has 0 saturated carbocycles. The Balaban J connectivity index is 1.73. The minimum Gasteiger partial charge on any atom is -0.444 e. The van der Waals surface area contributed by atoms with Gasteiger partial charge in [-0.25, -0.2) is 9.59 Å². The molecule has 1 unspecified atom stereocenters. The third-order valence-electron chi connectivity index (χ3n) is 4.76. The van der Waals surface area contributed by atoms with Crippen LogP contribution in [0.1, 0.15) is 39.2 Å². The van der Waals surface area contributed by atoms with E-state index in [-0.39, 0.29) is 12.0 Å². The largest absolute Gasteiger partial charge is 0.444 e. The quantitative estimate of drug-likeness (QED) is 0.906. The molecule has 1 aliphatic rings. The summed E-state index contributed by atoms with van der Waals surface area (Å²) in [5.41, 5.74) is 6.93. The number of carbonyl (C=O) groups excluding carboxylic acids is 2. The molecule has 0 spiro atoms. The summed E-state index contributed by atoms with van der Waals surface area (Å²) in [5, 5.41) is 1.03. The zero-order chi connectivity index (χ0) is 18.4. The maximum atomic E-state index is 12.1. The SMILES string of the molecule is CC(c1cccc2c1ccn2C(N)=O)C1CN(C(=O)OC(C)(C)C)C1. The van der Waals surface area contributed by atoms with Crippen molar-refractivity contribution in [1.29, 1.82) is 0 Å².